The Labute approximate surface area is 154 Å². The Kier molecular flexibility index (Phi) is 7.17. The first-order valence-electron chi connectivity index (χ1n) is 8.46. The van der Waals surface area contributed by atoms with E-state index >= 15 is 0 Å². The van der Waals surface area contributed by atoms with Gasteiger partial charge in [0, 0.05) is 12.6 Å². The normalized spacial score (nSPS) is 12.4. The van der Waals surface area contributed by atoms with Gasteiger partial charge in [0.2, 0.25) is 10.0 Å². The molecule has 0 aliphatic carbocycles. The highest BCUT2D eigenvalue weighted by atomic mass is 32.2. The SMILES string of the molecule is CC[C@H](C)NS(=O)(=O)c1ccc(OCC(=O)NCc2ccccc2)cc1. The van der Waals surface area contributed by atoms with E-state index in [4.69, 9.17) is 4.74 Å². The van der Waals surface area contributed by atoms with E-state index < -0.39 is 10.0 Å². The van der Waals surface area contributed by atoms with Gasteiger partial charge in [-0.05, 0) is 43.2 Å². The van der Waals surface area contributed by atoms with Crippen molar-refractivity contribution in [3.05, 3.63) is 60.2 Å². The van der Waals surface area contributed by atoms with Gasteiger partial charge >= 0.3 is 0 Å². The van der Waals surface area contributed by atoms with Crippen LogP contribution in [0.1, 0.15) is 25.8 Å². The maximum atomic E-state index is 12.2. The van der Waals surface area contributed by atoms with Crippen LogP contribution in [-0.4, -0.2) is 27.0 Å². The first-order chi connectivity index (χ1) is 12.4. The monoisotopic (exact) mass is 376 g/mol. The van der Waals surface area contributed by atoms with Gasteiger partial charge in [0.25, 0.3) is 5.91 Å². The van der Waals surface area contributed by atoms with E-state index in [2.05, 4.69) is 10.0 Å². The quantitative estimate of drug-likeness (QED) is 0.704. The summed E-state index contributed by atoms with van der Waals surface area (Å²) in [6.45, 7) is 4.02. The molecule has 0 saturated heterocycles. The van der Waals surface area contributed by atoms with Crippen LogP contribution in [0.5, 0.6) is 5.75 Å². The van der Waals surface area contributed by atoms with Gasteiger partial charge in [-0.3, -0.25) is 4.79 Å². The molecule has 0 bridgehead atoms. The third kappa shape index (κ3) is 6.16. The van der Waals surface area contributed by atoms with Gasteiger partial charge in [0.15, 0.2) is 6.61 Å². The molecule has 2 aromatic rings. The highest BCUT2D eigenvalue weighted by Gasteiger charge is 2.16. The van der Waals surface area contributed by atoms with Crippen LogP contribution in [0.15, 0.2) is 59.5 Å². The van der Waals surface area contributed by atoms with Gasteiger partial charge < -0.3 is 10.1 Å². The molecule has 0 aromatic heterocycles. The average molecular weight is 376 g/mol. The number of sulfonamides is 1. The van der Waals surface area contributed by atoms with Crippen molar-refractivity contribution in [3.8, 4) is 5.75 Å². The molecule has 1 atom stereocenters. The van der Waals surface area contributed by atoms with Crippen molar-refractivity contribution in [1.29, 1.82) is 0 Å². The summed E-state index contributed by atoms with van der Waals surface area (Å²) in [5.74, 6) is 0.186. The van der Waals surface area contributed by atoms with Crippen LogP contribution in [0.3, 0.4) is 0 Å². The van der Waals surface area contributed by atoms with Crippen molar-refractivity contribution >= 4 is 15.9 Å². The molecule has 140 valence electrons. The number of amides is 1. The number of ether oxygens (including phenoxy) is 1. The Bertz CT molecular complexity index is 805. The number of nitrogens with one attached hydrogen (secondary N) is 2. The standard InChI is InChI=1S/C19H24N2O4S/c1-3-15(2)21-26(23,24)18-11-9-17(10-12-18)25-14-19(22)20-13-16-7-5-4-6-8-16/h4-12,15,21H,3,13-14H2,1-2H3,(H,20,22)/t15-/m0/s1. The zero-order valence-electron chi connectivity index (χ0n) is 14.9. The fraction of sp³-hybridized carbons (Fsp3) is 0.316. The second-order valence-electron chi connectivity index (χ2n) is 5.95. The summed E-state index contributed by atoms with van der Waals surface area (Å²) in [4.78, 5) is 12.0. The van der Waals surface area contributed by atoms with Gasteiger partial charge in [0.1, 0.15) is 5.75 Å². The van der Waals surface area contributed by atoms with Gasteiger partial charge in [0.05, 0.1) is 4.90 Å². The second kappa shape index (κ2) is 9.35. The molecule has 0 fully saturated rings. The summed E-state index contributed by atoms with van der Waals surface area (Å²) in [5.41, 5.74) is 1.00. The summed E-state index contributed by atoms with van der Waals surface area (Å²) in [5, 5.41) is 2.76. The maximum absolute atomic E-state index is 12.2. The zero-order valence-corrected chi connectivity index (χ0v) is 15.8. The van der Waals surface area contributed by atoms with Crippen molar-refractivity contribution in [2.45, 2.75) is 37.8 Å². The van der Waals surface area contributed by atoms with Crippen LogP contribution in [-0.2, 0) is 21.4 Å². The number of rotatable bonds is 9. The predicted octanol–water partition coefficient (Wildman–Crippen LogP) is 2.46. The Morgan fingerprint density at radius 2 is 1.73 bits per heavy atom. The molecule has 2 rings (SSSR count). The summed E-state index contributed by atoms with van der Waals surface area (Å²) >= 11 is 0. The second-order valence-corrected chi connectivity index (χ2v) is 7.67. The summed E-state index contributed by atoms with van der Waals surface area (Å²) in [7, 11) is -3.54. The lowest BCUT2D eigenvalue weighted by atomic mass is 10.2. The molecule has 1 amide bonds. The van der Waals surface area contributed by atoms with Crippen LogP contribution in [0.25, 0.3) is 0 Å². The largest absolute Gasteiger partial charge is 0.484 e. The van der Waals surface area contributed by atoms with Crippen molar-refractivity contribution in [2.75, 3.05) is 6.61 Å². The van der Waals surface area contributed by atoms with E-state index in [0.717, 1.165) is 5.56 Å². The van der Waals surface area contributed by atoms with E-state index in [1.165, 1.54) is 24.3 Å². The average Bonchev–Trinajstić information content (AvgIpc) is 2.65. The topological polar surface area (TPSA) is 84.5 Å². The first-order valence-corrected chi connectivity index (χ1v) is 9.95. The molecule has 0 radical (unpaired) electrons. The maximum Gasteiger partial charge on any atom is 0.258 e. The molecule has 0 aliphatic heterocycles. The highest BCUT2D eigenvalue weighted by Crippen LogP contribution is 2.16. The van der Waals surface area contributed by atoms with Crippen LogP contribution < -0.4 is 14.8 Å². The van der Waals surface area contributed by atoms with E-state index in [1.54, 1.807) is 0 Å². The number of carbonyl (C=O) groups excluding carboxylic acids is 1. The molecule has 0 heterocycles. The third-order valence-corrected chi connectivity index (χ3v) is 5.41. The molecule has 0 aliphatic rings. The van der Waals surface area contributed by atoms with E-state index in [1.807, 2.05) is 44.2 Å². The minimum absolute atomic E-state index is 0.135. The van der Waals surface area contributed by atoms with Crippen molar-refractivity contribution in [3.63, 3.8) is 0 Å². The van der Waals surface area contributed by atoms with Gasteiger partial charge in [-0.15, -0.1) is 0 Å². The van der Waals surface area contributed by atoms with Gasteiger partial charge in [-0.25, -0.2) is 13.1 Å². The van der Waals surface area contributed by atoms with Crippen molar-refractivity contribution in [2.24, 2.45) is 0 Å². The lowest BCUT2D eigenvalue weighted by molar-refractivity contribution is -0.123. The molecular formula is C19H24N2O4S. The molecule has 2 aromatic carbocycles. The number of benzene rings is 2. The van der Waals surface area contributed by atoms with E-state index in [0.29, 0.717) is 18.7 Å². The van der Waals surface area contributed by atoms with Crippen molar-refractivity contribution < 1.29 is 17.9 Å². The Balaban J connectivity index is 1.84. The number of hydrogen-bond acceptors (Lipinski definition) is 4. The molecule has 2 N–H and O–H groups in total. The van der Waals surface area contributed by atoms with Crippen LogP contribution in [0.2, 0.25) is 0 Å². The first kappa shape index (κ1) is 19.9. The number of carbonyl (C=O) groups is 1. The fourth-order valence-corrected chi connectivity index (χ4v) is 3.45. The summed E-state index contributed by atoms with van der Waals surface area (Å²) in [6.07, 6.45) is 0.707. The van der Waals surface area contributed by atoms with E-state index in [-0.39, 0.29) is 23.5 Å². The summed E-state index contributed by atoms with van der Waals surface area (Å²) in [6, 6.07) is 15.4. The van der Waals surface area contributed by atoms with Gasteiger partial charge in [-0.1, -0.05) is 37.3 Å². The van der Waals surface area contributed by atoms with Crippen LogP contribution >= 0.6 is 0 Å². The number of hydrogen-bond donors (Lipinski definition) is 2. The zero-order chi connectivity index (χ0) is 19.0. The Morgan fingerprint density at radius 3 is 2.35 bits per heavy atom. The highest BCUT2D eigenvalue weighted by molar-refractivity contribution is 7.89. The minimum Gasteiger partial charge on any atom is -0.484 e. The van der Waals surface area contributed by atoms with Crippen LogP contribution in [0, 0.1) is 0 Å². The fourth-order valence-electron chi connectivity index (χ4n) is 2.13. The van der Waals surface area contributed by atoms with Crippen LogP contribution in [0.4, 0.5) is 0 Å². The summed E-state index contributed by atoms with van der Waals surface area (Å²) < 4.78 is 32.4. The Morgan fingerprint density at radius 1 is 1.08 bits per heavy atom. The molecule has 6 nitrogen and oxygen atoms in total. The molecule has 0 saturated carbocycles. The minimum atomic E-state index is -3.54. The predicted molar refractivity (Wildman–Crippen MR) is 100 cm³/mol. The van der Waals surface area contributed by atoms with Crippen molar-refractivity contribution in [1.82, 2.24) is 10.0 Å². The molecule has 26 heavy (non-hydrogen) atoms. The third-order valence-electron chi connectivity index (χ3n) is 3.81. The molecular weight excluding hydrogens is 352 g/mol. The lowest BCUT2D eigenvalue weighted by Crippen LogP contribution is -2.32. The smallest absolute Gasteiger partial charge is 0.258 e. The lowest BCUT2D eigenvalue weighted by Gasteiger charge is -2.12. The Hall–Kier alpha value is -2.38. The molecule has 0 spiro atoms. The molecule has 0 unspecified atom stereocenters. The van der Waals surface area contributed by atoms with E-state index in [9.17, 15) is 13.2 Å². The van der Waals surface area contributed by atoms with Gasteiger partial charge in [-0.2, -0.15) is 0 Å². The molecule has 7 heteroatoms.